The molecule has 6 nitrogen and oxygen atoms in total. The average Bonchev–Trinajstić information content (AvgIpc) is 3.26. The van der Waals surface area contributed by atoms with E-state index in [0.29, 0.717) is 23.8 Å². The SMILES string of the molecule is O=C(O)C1CC2CCCCC2N1C(=O)C1CC(c2ccccc2Cl)NN1. The molecule has 2 aliphatic heterocycles. The van der Waals surface area contributed by atoms with Crippen LogP contribution < -0.4 is 10.9 Å². The number of benzene rings is 1. The molecule has 0 spiro atoms. The number of aliphatic carboxylic acids is 1. The summed E-state index contributed by atoms with van der Waals surface area (Å²) in [6, 6.07) is 6.45. The number of nitrogens with zero attached hydrogens (tertiary/aromatic N) is 1. The predicted molar refractivity (Wildman–Crippen MR) is 97.5 cm³/mol. The van der Waals surface area contributed by atoms with Crippen LogP contribution in [0.4, 0.5) is 0 Å². The highest BCUT2D eigenvalue weighted by Crippen LogP contribution is 2.41. The molecule has 3 fully saturated rings. The van der Waals surface area contributed by atoms with Crippen molar-refractivity contribution in [3.63, 3.8) is 0 Å². The summed E-state index contributed by atoms with van der Waals surface area (Å²) in [5.74, 6) is -0.669. The van der Waals surface area contributed by atoms with Crippen LogP contribution in [0, 0.1) is 5.92 Å². The fraction of sp³-hybridized carbons (Fsp3) is 0.579. The van der Waals surface area contributed by atoms with Crippen molar-refractivity contribution < 1.29 is 14.7 Å². The van der Waals surface area contributed by atoms with Gasteiger partial charge < -0.3 is 10.0 Å². The highest BCUT2D eigenvalue weighted by molar-refractivity contribution is 6.31. The molecule has 140 valence electrons. The minimum Gasteiger partial charge on any atom is -0.480 e. The summed E-state index contributed by atoms with van der Waals surface area (Å²) < 4.78 is 0. The van der Waals surface area contributed by atoms with Crippen molar-refractivity contribution in [2.24, 2.45) is 5.92 Å². The number of carboxylic acid groups (broad SMARTS) is 1. The van der Waals surface area contributed by atoms with Gasteiger partial charge in [-0.3, -0.25) is 4.79 Å². The normalized spacial score (nSPS) is 33.9. The second-order valence-electron chi connectivity index (χ2n) is 7.60. The van der Waals surface area contributed by atoms with Gasteiger partial charge in [-0.2, -0.15) is 0 Å². The number of carbonyl (C=O) groups is 2. The molecule has 1 aromatic rings. The molecule has 0 aromatic heterocycles. The van der Waals surface area contributed by atoms with Gasteiger partial charge in [0, 0.05) is 17.1 Å². The summed E-state index contributed by atoms with van der Waals surface area (Å²) in [6.45, 7) is 0. The maximum Gasteiger partial charge on any atom is 0.326 e. The van der Waals surface area contributed by atoms with E-state index in [1.165, 1.54) is 0 Å². The summed E-state index contributed by atoms with van der Waals surface area (Å²) in [6.07, 6.45) is 5.27. The number of fused-ring (bicyclic) bond motifs is 1. The Kier molecular flexibility index (Phi) is 4.90. The number of likely N-dealkylation sites (tertiary alicyclic amines) is 1. The number of carbonyl (C=O) groups excluding carboxylic acids is 1. The third kappa shape index (κ3) is 3.10. The fourth-order valence-corrected chi connectivity index (χ4v) is 5.12. The van der Waals surface area contributed by atoms with Gasteiger partial charge in [0.05, 0.1) is 0 Å². The van der Waals surface area contributed by atoms with Crippen molar-refractivity contribution in [1.82, 2.24) is 15.8 Å². The van der Waals surface area contributed by atoms with Gasteiger partial charge in [0.15, 0.2) is 0 Å². The molecule has 0 radical (unpaired) electrons. The topological polar surface area (TPSA) is 81.7 Å². The highest BCUT2D eigenvalue weighted by atomic mass is 35.5. The molecule has 1 aromatic carbocycles. The molecule has 1 aliphatic carbocycles. The van der Waals surface area contributed by atoms with Crippen LogP contribution in [0.3, 0.4) is 0 Å². The van der Waals surface area contributed by atoms with Gasteiger partial charge in [0.2, 0.25) is 5.91 Å². The molecule has 1 amide bonds. The second-order valence-corrected chi connectivity index (χ2v) is 8.01. The van der Waals surface area contributed by atoms with Crippen LogP contribution in [-0.4, -0.2) is 40.0 Å². The van der Waals surface area contributed by atoms with E-state index < -0.39 is 18.1 Å². The van der Waals surface area contributed by atoms with Crippen molar-refractivity contribution in [3.8, 4) is 0 Å². The smallest absolute Gasteiger partial charge is 0.326 e. The first kappa shape index (κ1) is 17.8. The van der Waals surface area contributed by atoms with Crippen LogP contribution in [0.2, 0.25) is 5.02 Å². The van der Waals surface area contributed by atoms with E-state index in [4.69, 9.17) is 11.6 Å². The monoisotopic (exact) mass is 377 g/mol. The van der Waals surface area contributed by atoms with E-state index in [2.05, 4.69) is 10.9 Å². The third-order valence-electron chi connectivity index (χ3n) is 6.11. The molecule has 3 N–H and O–H groups in total. The molecule has 3 aliphatic rings. The lowest BCUT2D eigenvalue weighted by molar-refractivity contribution is -0.150. The lowest BCUT2D eigenvalue weighted by Crippen LogP contribution is -2.53. The van der Waals surface area contributed by atoms with Crippen LogP contribution >= 0.6 is 11.6 Å². The maximum atomic E-state index is 13.2. The van der Waals surface area contributed by atoms with Gasteiger partial charge in [0.25, 0.3) is 0 Å². The number of carboxylic acids is 1. The van der Waals surface area contributed by atoms with Crippen molar-refractivity contribution in [2.45, 2.75) is 62.7 Å². The van der Waals surface area contributed by atoms with Crippen molar-refractivity contribution in [1.29, 1.82) is 0 Å². The largest absolute Gasteiger partial charge is 0.480 e. The van der Waals surface area contributed by atoms with Gasteiger partial charge in [-0.05, 0) is 43.2 Å². The van der Waals surface area contributed by atoms with Gasteiger partial charge in [0.1, 0.15) is 12.1 Å². The Labute approximate surface area is 157 Å². The summed E-state index contributed by atoms with van der Waals surface area (Å²) in [4.78, 5) is 26.6. The number of amides is 1. The zero-order chi connectivity index (χ0) is 18.3. The van der Waals surface area contributed by atoms with Crippen molar-refractivity contribution in [3.05, 3.63) is 34.9 Å². The predicted octanol–water partition coefficient (Wildman–Crippen LogP) is 2.49. The number of hydrogen-bond acceptors (Lipinski definition) is 4. The Hall–Kier alpha value is -1.63. The second kappa shape index (κ2) is 7.18. The third-order valence-corrected chi connectivity index (χ3v) is 6.45. The number of hydrogen-bond donors (Lipinski definition) is 3. The zero-order valence-electron chi connectivity index (χ0n) is 14.5. The standard InChI is InChI=1S/C19H24ClN3O3/c20-13-7-3-2-6-12(13)14-10-15(22-21-14)18(24)23-16-8-4-1-5-11(16)9-17(23)19(25)26/h2-3,6-7,11,14-17,21-22H,1,4-5,8-10H2,(H,25,26). The quantitative estimate of drug-likeness (QED) is 0.754. The Bertz CT molecular complexity index is 713. The van der Waals surface area contributed by atoms with Crippen molar-refractivity contribution >= 4 is 23.5 Å². The summed E-state index contributed by atoms with van der Waals surface area (Å²) >= 11 is 6.27. The van der Waals surface area contributed by atoms with Gasteiger partial charge in [-0.15, -0.1) is 0 Å². The van der Waals surface area contributed by atoms with E-state index in [1.54, 1.807) is 4.90 Å². The molecule has 7 heteroatoms. The number of nitrogens with one attached hydrogen (secondary N) is 2. The molecule has 1 saturated carbocycles. The molecular formula is C19H24ClN3O3. The van der Waals surface area contributed by atoms with E-state index >= 15 is 0 Å². The molecule has 2 heterocycles. The number of hydrazine groups is 1. The number of halogens is 1. The van der Waals surface area contributed by atoms with Crippen LogP contribution in [0.1, 0.15) is 50.1 Å². The first-order valence-electron chi connectivity index (χ1n) is 9.36. The van der Waals surface area contributed by atoms with E-state index in [-0.39, 0.29) is 18.0 Å². The fourth-order valence-electron chi connectivity index (χ4n) is 4.86. The molecule has 5 unspecified atom stereocenters. The molecule has 26 heavy (non-hydrogen) atoms. The zero-order valence-corrected chi connectivity index (χ0v) is 15.3. The van der Waals surface area contributed by atoms with Crippen molar-refractivity contribution in [2.75, 3.05) is 0 Å². The molecule has 0 bridgehead atoms. The Balaban J connectivity index is 1.51. The Morgan fingerprint density at radius 2 is 1.88 bits per heavy atom. The Morgan fingerprint density at radius 1 is 1.12 bits per heavy atom. The first-order valence-corrected chi connectivity index (χ1v) is 9.74. The maximum absolute atomic E-state index is 13.2. The van der Waals surface area contributed by atoms with Crippen LogP contribution in [0.15, 0.2) is 24.3 Å². The van der Waals surface area contributed by atoms with Gasteiger partial charge in [-0.1, -0.05) is 42.6 Å². The first-order chi connectivity index (χ1) is 12.6. The Morgan fingerprint density at radius 3 is 2.65 bits per heavy atom. The van der Waals surface area contributed by atoms with Crippen LogP contribution in [0.25, 0.3) is 0 Å². The molecular weight excluding hydrogens is 354 g/mol. The lowest BCUT2D eigenvalue weighted by Gasteiger charge is -2.34. The van der Waals surface area contributed by atoms with E-state index in [0.717, 1.165) is 31.2 Å². The van der Waals surface area contributed by atoms with Crippen LogP contribution in [-0.2, 0) is 9.59 Å². The molecule has 4 rings (SSSR count). The highest BCUT2D eigenvalue weighted by Gasteiger charge is 2.49. The summed E-state index contributed by atoms with van der Waals surface area (Å²) in [5, 5.41) is 10.3. The van der Waals surface area contributed by atoms with E-state index in [1.807, 2.05) is 24.3 Å². The summed E-state index contributed by atoms with van der Waals surface area (Å²) in [7, 11) is 0. The lowest BCUT2D eigenvalue weighted by atomic mass is 9.84. The molecule has 2 saturated heterocycles. The van der Waals surface area contributed by atoms with Gasteiger partial charge >= 0.3 is 5.97 Å². The summed E-state index contributed by atoms with van der Waals surface area (Å²) in [5.41, 5.74) is 7.17. The van der Waals surface area contributed by atoms with E-state index in [9.17, 15) is 14.7 Å². The van der Waals surface area contributed by atoms with Crippen LogP contribution in [0.5, 0.6) is 0 Å². The number of rotatable bonds is 3. The minimum atomic E-state index is -0.888. The van der Waals surface area contributed by atoms with Gasteiger partial charge in [-0.25, -0.2) is 15.6 Å². The molecule has 5 atom stereocenters. The average molecular weight is 378 g/mol. The minimum absolute atomic E-state index is 0.0642.